The van der Waals surface area contributed by atoms with Crippen LogP contribution in [0.4, 0.5) is 0 Å². The zero-order valence-corrected chi connectivity index (χ0v) is 13.6. The van der Waals surface area contributed by atoms with Gasteiger partial charge in [-0.1, -0.05) is 35.0 Å². The summed E-state index contributed by atoms with van der Waals surface area (Å²) in [6, 6.07) is 7.23. The van der Waals surface area contributed by atoms with Crippen LogP contribution in [0.25, 0.3) is 0 Å². The SMILES string of the molecule is CCCc1occc1C(=O)NC(C(=O)O)c1ccc(Br)cc1. The first-order valence-electron chi connectivity index (χ1n) is 6.88. The summed E-state index contributed by atoms with van der Waals surface area (Å²) in [4.78, 5) is 23.8. The lowest BCUT2D eigenvalue weighted by Gasteiger charge is -2.15. The zero-order chi connectivity index (χ0) is 16.1. The van der Waals surface area contributed by atoms with Crippen LogP contribution in [-0.2, 0) is 11.2 Å². The Bertz CT molecular complexity index is 663. The highest BCUT2D eigenvalue weighted by Gasteiger charge is 2.24. The van der Waals surface area contributed by atoms with Crippen molar-refractivity contribution in [2.45, 2.75) is 25.8 Å². The predicted octanol–water partition coefficient (Wildman–Crippen LogP) is 3.55. The number of amides is 1. The van der Waals surface area contributed by atoms with Crippen molar-refractivity contribution in [1.82, 2.24) is 5.32 Å². The quantitative estimate of drug-likeness (QED) is 0.820. The van der Waals surface area contributed by atoms with Crippen LogP contribution in [0.3, 0.4) is 0 Å². The van der Waals surface area contributed by atoms with Crippen LogP contribution < -0.4 is 5.32 Å². The summed E-state index contributed by atoms with van der Waals surface area (Å²) in [5, 5.41) is 11.9. The molecule has 2 rings (SSSR count). The van der Waals surface area contributed by atoms with Crippen LogP contribution in [0, 0.1) is 0 Å². The van der Waals surface area contributed by atoms with E-state index in [1.54, 1.807) is 30.3 Å². The molecule has 1 unspecified atom stereocenters. The number of halogens is 1. The second-order valence-corrected chi connectivity index (χ2v) is 5.72. The monoisotopic (exact) mass is 365 g/mol. The van der Waals surface area contributed by atoms with Gasteiger partial charge in [-0.3, -0.25) is 4.79 Å². The van der Waals surface area contributed by atoms with Crippen LogP contribution in [0.1, 0.15) is 41.1 Å². The topological polar surface area (TPSA) is 79.5 Å². The molecule has 6 heteroatoms. The van der Waals surface area contributed by atoms with Gasteiger partial charge in [0, 0.05) is 10.9 Å². The Balaban J connectivity index is 2.20. The maximum absolute atomic E-state index is 12.3. The molecule has 0 bridgehead atoms. The second kappa shape index (κ2) is 7.26. The maximum atomic E-state index is 12.3. The molecule has 0 fully saturated rings. The minimum absolute atomic E-state index is 0.380. The average molecular weight is 366 g/mol. The summed E-state index contributed by atoms with van der Waals surface area (Å²) in [5.41, 5.74) is 0.884. The molecule has 5 nitrogen and oxygen atoms in total. The number of carboxylic acid groups (broad SMARTS) is 1. The summed E-state index contributed by atoms with van der Waals surface area (Å²) in [6.07, 6.45) is 2.91. The highest BCUT2D eigenvalue weighted by molar-refractivity contribution is 9.10. The summed E-state index contributed by atoms with van der Waals surface area (Å²) in [7, 11) is 0. The minimum Gasteiger partial charge on any atom is -0.479 e. The molecule has 2 aromatic rings. The number of aliphatic carboxylic acids is 1. The Morgan fingerprint density at radius 1 is 1.27 bits per heavy atom. The third-order valence-electron chi connectivity index (χ3n) is 3.19. The van der Waals surface area contributed by atoms with Gasteiger partial charge in [-0.25, -0.2) is 4.79 Å². The molecule has 1 amide bonds. The van der Waals surface area contributed by atoms with E-state index in [1.807, 2.05) is 6.92 Å². The molecule has 116 valence electrons. The number of nitrogens with one attached hydrogen (secondary N) is 1. The Labute approximate surface area is 136 Å². The molecule has 2 N–H and O–H groups in total. The molecule has 1 heterocycles. The molecular formula is C16H16BrNO4. The predicted molar refractivity (Wildman–Crippen MR) is 84.7 cm³/mol. The van der Waals surface area contributed by atoms with Crippen LogP contribution >= 0.6 is 15.9 Å². The van der Waals surface area contributed by atoms with Crippen LogP contribution in [0.2, 0.25) is 0 Å². The Hall–Kier alpha value is -2.08. The van der Waals surface area contributed by atoms with Gasteiger partial charge >= 0.3 is 5.97 Å². The Morgan fingerprint density at radius 2 is 1.95 bits per heavy atom. The Kier molecular flexibility index (Phi) is 5.38. The van der Waals surface area contributed by atoms with Gasteiger partial charge in [0.25, 0.3) is 5.91 Å². The highest BCUT2D eigenvalue weighted by atomic mass is 79.9. The van der Waals surface area contributed by atoms with Gasteiger partial charge in [-0.05, 0) is 30.2 Å². The van der Waals surface area contributed by atoms with Gasteiger partial charge in [0.2, 0.25) is 0 Å². The standard InChI is InChI=1S/C16H16BrNO4/c1-2-3-13-12(8-9-22-13)15(19)18-14(16(20)21)10-4-6-11(17)7-5-10/h4-9,14H,2-3H2,1H3,(H,18,19)(H,20,21). The molecular weight excluding hydrogens is 350 g/mol. The number of hydrogen-bond donors (Lipinski definition) is 2. The van der Waals surface area contributed by atoms with Crippen molar-refractivity contribution in [3.8, 4) is 0 Å². The van der Waals surface area contributed by atoms with E-state index < -0.39 is 17.9 Å². The molecule has 1 aromatic heterocycles. The first-order chi connectivity index (χ1) is 10.5. The van der Waals surface area contributed by atoms with Crippen molar-refractivity contribution in [3.05, 3.63) is 58.0 Å². The van der Waals surface area contributed by atoms with E-state index in [0.29, 0.717) is 23.3 Å². The number of carbonyl (C=O) groups is 2. The van der Waals surface area contributed by atoms with Crippen molar-refractivity contribution < 1.29 is 19.1 Å². The summed E-state index contributed by atoms with van der Waals surface area (Å²) < 4.78 is 6.11. The average Bonchev–Trinajstić information content (AvgIpc) is 2.94. The van der Waals surface area contributed by atoms with Crippen molar-refractivity contribution in [1.29, 1.82) is 0 Å². The van der Waals surface area contributed by atoms with E-state index in [1.165, 1.54) is 6.26 Å². The number of hydrogen-bond acceptors (Lipinski definition) is 3. The smallest absolute Gasteiger partial charge is 0.330 e. The third kappa shape index (κ3) is 3.76. The molecule has 0 saturated carbocycles. The van der Waals surface area contributed by atoms with Gasteiger partial charge in [-0.2, -0.15) is 0 Å². The Morgan fingerprint density at radius 3 is 2.55 bits per heavy atom. The number of carbonyl (C=O) groups excluding carboxylic acids is 1. The van der Waals surface area contributed by atoms with Gasteiger partial charge in [0.15, 0.2) is 6.04 Å². The van der Waals surface area contributed by atoms with E-state index in [0.717, 1.165) is 10.9 Å². The number of furan rings is 1. The fraction of sp³-hybridized carbons (Fsp3) is 0.250. The lowest BCUT2D eigenvalue weighted by Crippen LogP contribution is -2.34. The van der Waals surface area contributed by atoms with Crippen molar-refractivity contribution in [3.63, 3.8) is 0 Å². The second-order valence-electron chi connectivity index (χ2n) is 4.80. The van der Waals surface area contributed by atoms with E-state index in [-0.39, 0.29) is 0 Å². The molecule has 0 aliphatic rings. The molecule has 1 aromatic carbocycles. The number of aryl methyl sites for hydroxylation is 1. The van der Waals surface area contributed by atoms with Crippen molar-refractivity contribution in [2.75, 3.05) is 0 Å². The molecule has 0 aliphatic carbocycles. The molecule has 0 aliphatic heterocycles. The normalized spacial score (nSPS) is 11.9. The van der Waals surface area contributed by atoms with Crippen molar-refractivity contribution >= 4 is 27.8 Å². The summed E-state index contributed by atoms with van der Waals surface area (Å²) in [5.74, 6) is -0.997. The molecule has 22 heavy (non-hydrogen) atoms. The zero-order valence-electron chi connectivity index (χ0n) is 12.0. The van der Waals surface area contributed by atoms with Gasteiger partial charge in [-0.15, -0.1) is 0 Å². The van der Waals surface area contributed by atoms with E-state index in [4.69, 9.17) is 4.42 Å². The fourth-order valence-corrected chi connectivity index (χ4v) is 2.38. The highest BCUT2D eigenvalue weighted by Crippen LogP contribution is 2.19. The lowest BCUT2D eigenvalue weighted by molar-refractivity contribution is -0.139. The molecule has 0 radical (unpaired) electrons. The van der Waals surface area contributed by atoms with E-state index in [2.05, 4.69) is 21.2 Å². The molecule has 0 spiro atoms. The largest absolute Gasteiger partial charge is 0.479 e. The first kappa shape index (κ1) is 16.3. The lowest BCUT2D eigenvalue weighted by atomic mass is 10.1. The van der Waals surface area contributed by atoms with Crippen LogP contribution in [0.5, 0.6) is 0 Å². The van der Waals surface area contributed by atoms with Gasteiger partial charge < -0.3 is 14.8 Å². The number of benzene rings is 1. The van der Waals surface area contributed by atoms with Crippen molar-refractivity contribution in [2.24, 2.45) is 0 Å². The van der Waals surface area contributed by atoms with E-state index in [9.17, 15) is 14.7 Å². The van der Waals surface area contributed by atoms with Gasteiger partial charge in [0.05, 0.1) is 11.8 Å². The minimum atomic E-state index is -1.11. The molecule has 0 saturated heterocycles. The summed E-state index contributed by atoms with van der Waals surface area (Å²) in [6.45, 7) is 1.98. The number of carboxylic acids is 1. The summed E-state index contributed by atoms with van der Waals surface area (Å²) >= 11 is 3.29. The third-order valence-corrected chi connectivity index (χ3v) is 3.72. The van der Waals surface area contributed by atoms with Gasteiger partial charge in [0.1, 0.15) is 5.76 Å². The number of rotatable bonds is 6. The molecule has 1 atom stereocenters. The van der Waals surface area contributed by atoms with Crippen LogP contribution in [0.15, 0.2) is 45.5 Å². The fourth-order valence-electron chi connectivity index (χ4n) is 2.12. The maximum Gasteiger partial charge on any atom is 0.330 e. The first-order valence-corrected chi connectivity index (χ1v) is 7.67. The van der Waals surface area contributed by atoms with Crippen LogP contribution in [-0.4, -0.2) is 17.0 Å². The van der Waals surface area contributed by atoms with E-state index >= 15 is 0 Å².